The molecule has 0 N–H and O–H groups in total. The molecular formula is C27H26ClN5O3. The third kappa shape index (κ3) is 4.44. The highest BCUT2D eigenvalue weighted by Gasteiger charge is 2.38. The number of piperidine rings is 1. The summed E-state index contributed by atoms with van der Waals surface area (Å²) in [5.41, 5.74) is 3.41. The van der Waals surface area contributed by atoms with E-state index >= 15 is 0 Å². The van der Waals surface area contributed by atoms with E-state index in [9.17, 15) is 14.4 Å². The molecule has 9 heteroatoms. The maximum absolute atomic E-state index is 13.3. The first-order valence-electron chi connectivity index (χ1n) is 11.9. The lowest BCUT2D eigenvalue weighted by molar-refractivity contribution is -0.132. The van der Waals surface area contributed by atoms with Gasteiger partial charge in [-0.25, -0.2) is 9.97 Å². The molecule has 36 heavy (non-hydrogen) atoms. The van der Waals surface area contributed by atoms with Crippen molar-refractivity contribution in [3.63, 3.8) is 0 Å². The van der Waals surface area contributed by atoms with E-state index in [-0.39, 0.29) is 18.4 Å². The lowest BCUT2D eigenvalue weighted by atomic mass is 9.90. The van der Waals surface area contributed by atoms with Crippen LogP contribution >= 0.6 is 11.6 Å². The average molecular weight is 504 g/mol. The van der Waals surface area contributed by atoms with Gasteiger partial charge in [-0.15, -0.1) is 0 Å². The van der Waals surface area contributed by atoms with Crippen LogP contribution in [0.5, 0.6) is 0 Å². The van der Waals surface area contributed by atoms with Crippen LogP contribution in [0.4, 0.5) is 5.95 Å². The predicted octanol–water partition coefficient (Wildman–Crippen LogP) is 3.87. The number of carbonyl (C=O) groups excluding carboxylic acids is 3. The van der Waals surface area contributed by atoms with Crippen LogP contribution < -0.4 is 4.90 Å². The van der Waals surface area contributed by atoms with E-state index in [2.05, 4.69) is 4.98 Å². The Labute approximate surface area is 214 Å². The van der Waals surface area contributed by atoms with Gasteiger partial charge < -0.3 is 9.80 Å². The van der Waals surface area contributed by atoms with Crippen molar-refractivity contribution >= 4 is 35.3 Å². The molecule has 2 aliphatic heterocycles. The first-order chi connectivity index (χ1) is 17.3. The van der Waals surface area contributed by atoms with Gasteiger partial charge in [-0.2, -0.15) is 0 Å². The van der Waals surface area contributed by atoms with Gasteiger partial charge in [0.2, 0.25) is 11.9 Å². The highest BCUT2D eigenvalue weighted by molar-refractivity contribution is 6.30. The van der Waals surface area contributed by atoms with Crippen LogP contribution in [0.25, 0.3) is 11.1 Å². The summed E-state index contributed by atoms with van der Waals surface area (Å²) in [6.07, 6.45) is 3.47. The standard InChI is InChI=1S/C27H26ClN5O3/c1-31(2)27-29-14-22(17-9-11-19(28)12-10-17)24(30-27)18-6-5-13-32(15-18)23(34)16-33-25(35)20-7-3-4-8-21(20)26(33)36/h3-4,7-12,14,18H,5-6,13,15-16H2,1-2H3. The summed E-state index contributed by atoms with van der Waals surface area (Å²) < 4.78 is 0. The van der Waals surface area contributed by atoms with Crippen molar-refractivity contribution in [2.75, 3.05) is 38.6 Å². The second-order valence-electron chi connectivity index (χ2n) is 9.29. The molecule has 1 saturated heterocycles. The van der Waals surface area contributed by atoms with Crippen molar-refractivity contribution in [3.05, 3.63) is 76.6 Å². The van der Waals surface area contributed by atoms with Crippen molar-refractivity contribution in [2.24, 2.45) is 0 Å². The topological polar surface area (TPSA) is 86.7 Å². The van der Waals surface area contributed by atoms with Crippen LogP contribution in [0.1, 0.15) is 45.2 Å². The van der Waals surface area contributed by atoms with Crippen LogP contribution in [0.15, 0.2) is 54.7 Å². The normalized spacial score (nSPS) is 17.4. The minimum Gasteiger partial charge on any atom is -0.347 e. The molecule has 3 amide bonds. The lowest BCUT2D eigenvalue weighted by Gasteiger charge is -2.34. The highest BCUT2D eigenvalue weighted by Crippen LogP contribution is 2.34. The average Bonchev–Trinajstić information content (AvgIpc) is 3.14. The summed E-state index contributed by atoms with van der Waals surface area (Å²) in [7, 11) is 3.78. The van der Waals surface area contributed by atoms with E-state index in [4.69, 9.17) is 16.6 Å². The van der Waals surface area contributed by atoms with E-state index in [1.807, 2.05) is 49.5 Å². The Morgan fingerprint density at radius 2 is 1.69 bits per heavy atom. The molecule has 1 atom stereocenters. The molecule has 0 spiro atoms. The molecule has 8 nitrogen and oxygen atoms in total. The first kappa shape index (κ1) is 23.9. The number of hydrogen-bond acceptors (Lipinski definition) is 6. The van der Waals surface area contributed by atoms with Gasteiger partial charge in [0.05, 0.1) is 16.8 Å². The predicted molar refractivity (Wildman–Crippen MR) is 137 cm³/mol. The number of anilines is 1. The Morgan fingerprint density at radius 3 is 2.33 bits per heavy atom. The Bertz CT molecular complexity index is 1310. The van der Waals surface area contributed by atoms with Crippen molar-refractivity contribution in [1.82, 2.24) is 19.8 Å². The van der Waals surface area contributed by atoms with Gasteiger partial charge in [0.25, 0.3) is 11.8 Å². The van der Waals surface area contributed by atoms with Crippen LogP contribution in [-0.2, 0) is 4.79 Å². The number of benzene rings is 2. The summed E-state index contributed by atoms with van der Waals surface area (Å²) in [4.78, 5) is 52.8. The van der Waals surface area contributed by atoms with Gasteiger partial charge in [-0.1, -0.05) is 35.9 Å². The molecule has 1 unspecified atom stereocenters. The van der Waals surface area contributed by atoms with Crippen LogP contribution in [-0.4, -0.2) is 71.2 Å². The summed E-state index contributed by atoms with van der Waals surface area (Å²) in [6.45, 7) is 0.753. The number of rotatable bonds is 5. The number of carbonyl (C=O) groups is 3. The molecule has 5 rings (SSSR count). The zero-order valence-electron chi connectivity index (χ0n) is 20.1. The maximum atomic E-state index is 13.3. The number of nitrogens with zero attached hydrogens (tertiary/aromatic N) is 5. The number of hydrogen-bond donors (Lipinski definition) is 0. The van der Waals surface area contributed by atoms with E-state index in [0.29, 0.717) is 35.2 Å². The molecule has 2 aliphatic rings. The molecule has 0 radical (unpaired) electrons. The monoisotopic (exact) mass is 503 g/mol. The summed E-state index contributed by atoms with van der Waals surface area (Å²) >= 11 is 6.09. The van der Waals surface area contributed by atoms with E-state index in [0.717, 1.165) is 34.6 Å². The van der Waals surface area contributed by atoms with Gasteiger partial charge >= 0.3 is 0 Å². The fourth-order valence-electron chi connectivity index (χ4n) is 4.81. The van der Waals surface area contributed by atoms with Gasteiger partial charge in [0.15, 0.2) is 0 Å². The molecular weight excluding hydrogens is 478 g/mol. The van der Waals surface area contributed by atoms with E-state index < -0.39 is 11.8 Å². The third-order valence-electron chi connectivity index (χ3n) is 6.69. The molecule has 0 saturated carbocycles. The van der Waals surface area contributed by atoms with E-state index in [1.165, 1.54) is 0 Å². The van der Waals surface area contributed by atoms with Gasteiger partial charge in [0, 0.05) is 49.9 Å². The Balaban J connectivity index is 1.38. The lowest BCUT2D eigenvalue weighted by Crippen LogP contribution is -2.46. The second-order valence-corrected chi connectivity index (χ2v) is 9.73. The summed E-state index contributed by atoms with van der Waals surface area (Å²) in [5.74, 6) is -0.512. The molecule has 1 aromatic heterocycles. The van der Waals surface area contributed by atoms with E-state index in [1.54, 1.807) is 29.2 Å². The fraction of sp³-hybridized carbons (Fsp3) is 0.296. The molecule has 0 aliphatic carbocycles. The molecule has 1 fully saturated rings. The zero-order valence-corrected chi connectivity index (χ0v) is 20.9. The number of amides is 3. The molecule has 0 bridgehead atoms. The molecule has 2 aromatic carbocycles. The van der Waals surface area contributed by atoms with Crippen LogP contribution in [0.3, 0.4) is 0 Å². The number of imide groups is 1. The quantitative estimate of drug-likeness (QED) is 0.491. The van der Waals surface area contributed by atoms with Gasteiger partial charge in [-0.05, 0) is 42.7 Å². The number of likely N-dealkylation sites (tertiary alicyclic amines) is 1. The Kier molecular flexibility index (Phi) is 6.45. The van der Waals surface area contributed by atoms with Crippen molar-refractivity contribution in [3.8, 4) is 11.1 Å². The number of fused-ring (bicyclic) bond motifs is 1. The molecule has 3 heterocycles. The fourth-order valence-corrected chi connectivity index (χ4v) is 4.93. The SMILES string of the molecule is CN(C)c1ncc(-c2ccc(Cl)cc2)c(C2CCCN(C(=O)CN3C(=O)c4ccccc4C3=O)C2)n1. The largest absolute Gasteiger partial charge is 0.347 e. The van der Waals surface area contributed by atoms with Gasteiger partial charge in [-0.3, -0.25) is 19.3 Å². The van der Waals surface area contributed by atoms with Crippen LogP contribution in [0, 0.1) is 0 Å². The molecule has 3 aromatic rings. The highest BCUT2D eigenvalue weighted by atomic mass is 35.5. The van der Waals surface area contributed by atoms with Crippen molar-refractivity contribution in [2.45, 2.75) is 18.8 Å². The minimum atomic E-state index is -0.422. The van der Waals surface area contributed by atoms with Gasteiger partial charge in [0.1, 0.15) is 6.54 Å². The second kappa shape index (κ2) is 9.70. The van der Waals surface area contributed by atoms with Crippen molar-refractivity contribution in [1.29, 1.82) is 0 Å². The third-order valence-corrected chi connectivity index (χ3v) is 6.95. The van der Waals surface area contributed by atoms with Crippen molar-refractivity contribution < 1.29 is 14.4 Å². The smallest absolute Gasteiger partial charge is 0.262 e. The molecule has 184 valence electrons. The van der Waals surface area contributed by atoms with Crippen LogP contribution in [0.2, 0.25) is 5.02 Å². The number of halogens is 1. The maximum Gasteiger partial charge on any atom is 0.262 e. The summed E-state index contributed by atoms with van der Waals surface area (Å²) in [5, 5.41) is 0.647. The number of aromatic nitrogens is 2. The first-order valence-corrected chi connectivity index (χ1v) is 12.2. The Hall–Kier alpha value is -3.78. The minimum absolute atomic E-state index is 0.0164. The zero-order chi connectivity index (χ0) is 25.4. The Morgan fingerprint density at radius 1 is 1.03 bits per heavy atom. The summed E-state index contributed by atoms with van der Waals surface area (Å²) in [6, 6.07) is 14.2.